The molecule has 0 unspecified atom stereocenters. The summed E-state index contributed by atoms with van der Waals surface area (Å²) in [5, 5.41) is 17.3. The number of hydrogen-bond acceptors (Lipinski definition) is 7. The molecule has 0 bridgehead atoms. The summed E-state index contributed by atoms with van der Waals surface area (Å²) in [7, 11) is 3.11. The molecule has 0 saturated carbocycles. The Morgan fingerprint density at radius 3 is 2.59 bits per heavy atom. The molecule has 3 heterocycles. The minimum absolute atomic E-state index is 0.162. The van der Waals surface area contributed by atoms with E-state index in [2.05, 4.69) is 20.6 Å². The van der Waals surface area contributed by atoms with E-state index in [4.69, 9.17) is 21.1 Å². The molecule has 0 atom stereocenters. The van der Waals surface area contributed by atoms with Crippen LogP contribution in [-0.2, 0) is 4.79 Å². The average molecular weight is 495 g/mol. The number of hydrogen-bond donors (Lipinski definition) is 1. The summed E-state index contributed by atoms with van der Waals surface area (Å²) in [6.45, 7) is 0. The highest BCUT2D eigenvalue weighted by atomic mass is 35.5. The Morgan fingerprint density at radius 2 is 1.82 bits per heavy atom. The van der Waals surface area contributed by atoms with Crippen LogP contribution in [-0.4, -0.2) is 50.1 Å². The molecule has 0 aliphatic carbocycles. The Bertz CT molecular complexity index is 1500. The Morgan fingerprint density at radius 1 is 1.03 bits per heavy atom. The molecular formula is C23H19ClN6O3S. The van der Waals surface area contributed by atoms with Crippen LogP contribution in [0.15, 0.2) is 66.1 Å². The highest BCUT2D eigenvalue weighted by Gasteiger charge is 2.15. The molecule has 5 rings (SSSR count). The van der Waals surface area contributed by atoms with Gasteiger partial charge >= 0.3 is 0 Å². The summed E-state index contributed by atoms with van der Waals surface area (Å²) in [5.74, 6) is 1.12. The van der Waals surface area contributed by atoms with E-state index in [1.165, 1.54) is 11.8 Å². The van der Waals surface area contributed by atoms with Crippen molar-refractivity contribution < 1.29 is 14.3 Å². The molecule has 5 aromatic rings. The first-order valence-electron chi connectivity index (χ1n) is 10.2. The number of carbonyl (C=O) groups excluding carboxylic acids is 1. The first-order valence-corrected chi connectivity index (χ1v) is 11.6. The second kappa shape index (κ2) is 9.24. The van der Waals surface area contributed by atoms with E-state index in [-0.39, 0.29) is 11.7 Å². The van der Waals surface area contributed by atoms with Gasteiger partial charge < -0.3 is 14.8 Å². The molecule has 0 aliphatic rings. The average Bonchev–Trinajstić information content (AvgIpc) is 3.47. The van der Waals surface area contributed by atoms with E-state index in [1.807, 2.05) is 47.1 Å². The third kappa shape index (κ3) is 4.25. The van der Waals surface area contributed by atoms with Gasteiger partial charge in [-0.3, -0.25) is 9.20 Å². The maximum absolute atomic E-state index is 12.5. The van der Waals surface area contributed by atoms with Crippen molar-refractivity contribution in [2.45, 2.75) is 5.16 Å². The molecular weight excluding hydrogens is 476 g/mol. The van der Waals surface area contributed by atoms with E-state index in [1.54, 1.807) is 36.9 Å². The van der Waals surface area contributed by atoms with Crippen LogP contribution >= 0.6 is 23.4 Å². The quantitative estimate of drug-likeness (QED) is 0.334. The van der Waals surface area contributed by atoms with Crippen molar-refractivity contribution in [2.24, 2.45) is 0 Å². The second-order valence-corrected chi connectivity index (χ2v) is 8.63. The first kappa shape index (κ1) is 22.1. The summed E-state index contributed by atoms with van der Waals surface area (Å²) in [6, 6.07) is 14.7. The molecule has 1 N–H and O–H groups in total. The number of benzene rings is 2. The summed E-state index contributed by atoms with van der Waals surface area (Å²) < 4.78 is 14.1. The lowest BCUT2D eigenvalue weighted by Crippen LogP contribution is -2.14. The Hall–Kier alpha value is -3.76. The molecule has 34 heavy (non-hydrogen) atoms. The first-order chi connectivity index (χ1) is 16.6. The third-order valence-corrected chi connectivity index (χ3v) is 6.32. The normalized spacial score (nSPS) is 11.1. The molecule has 0 radical (unpaired) electrons. The van der Waals surface area contributed by atoms with Crippen LogP contribution in [0.2, 0.25) is 5.02 Å². The van der Waals surface area contributed by atoms with Crippen molar-refractivity contribution in [1.82, 2.24) is 24.2 Å². The Kier molecular flexibility index (Phi) is 5.99. The zero-order valence-corrected chi connectivity index (χ0v) is 19.8. The lowest BCUT2D eigenvalue weighted by molar-refractivity contribution is -0.113. The number of nitrogens with zero attached hydrogens (tertiary/aromatic N) is 5. The van der Waals surface area contributed by atoms with Crippen LogP contribution in [0.5, 0.6) is 11.5 Å². The fourth-order valence-electron chi connectivity index (χ4n) is 3.49. The number of ether oxygens (including phenoxy) is 2. The van der Waals surface area contributed by atoms with E-state index in [0.29, 0.717) is 33.0 Å². The van der Waals surface area contributed by atoms with E-state index < -0.39 is 0 Å². The monoisotopic (exact) mass is 494 g/mol. The number of anilines is 1. The van der Waals surface area contributed by atoms with Gasteiger partial charge in [0.25, 0.3) is 0 Å². The zero-order chi connectivity index (χ0) is 23.7. The number of amides is 1. The van der Waals surface area contributed by atoms with Gasteiger partial charge in [0.2, 0.25) is 5.91 Å². The molecule has 172 valence electrons. The highest BCUT2D eigenvalue weighted by molar-refractivity contribution is 7.99. The zero-order valence-electron chi connectivity index (χ0n) is 18.2. The summed E-state index contributed by atoms with van der Waals surface area (Å²) in [4.78, 5) is 12.5. The predicted octanol–water partition coefficient (Wildman–Crippen LogP) is 4.45. The summed E-state index contributed by atoms with van der Waals surface area (Å²) in [6.07, 6.45) is 3.66. The molecule has 0 aliphatic heterocycles. The van der Waals surface area contributed by atoms with Crippen molar-refractivity contribution in [1.29, 1.82) is 0 Å². The van der Waals surface area contributed by atoms with Crippen LogP contribution in [0.1, 0.15) is 0 Å². The molecule has 1 amide bonds. The number of rotatable bonds is 7. The van der Waals surface area contributed by atoms with Crippen LogP contribution in [0.3, 0.4) is 0 Å². The minimum Gasteiger partial charge on any atom is -0.493 e. The third-order valence-electron chi connectivity index (χ3n) is 5.13. The van der Waals surface area contributed by atoms with Crippen molar-refractivity contribution in [3.63, 3.8) is 0 Å². The smallest absolute Gasteiger partial charge is 0.234 e. The molecule has 3 aromatic heterocycles. The van der Waals surface area contributed by atoms with Gasteiger partial charge in [0.15, 0.2) is 22.3 Å². The van der Waals surface area contributed by atoms with Crippen LogP contribution in [0.4, 0.5) is 5.69 Å². The SMILES string of the molecule is COc1ccc(NC(=O)CSc2nnc3c4cc(-c5ccc(Cl)cc5)nn4ccn23)cc1OC. The van der Waals surface area contributed by atoms with Gasteiger partial charge in [0.1, 0.15) is 5.52 Å². The molecule has 0 fully saturated rings. The fraction of sp³-hybridized carbons (Fsp3) is 0.130. The van der Waals surface area contributed by atoms with Crippen molar-refractivity contribution >= 4 is 46.1 Å². The van der Waals surface area contributed by atoms with Gasteiger partial charge in [-0.1, -0.05) is 35.5 Å². The van der Waals surface area contributed by atoms with Crippen LogP contribution < -0.4 is 14.8 Å². The second-order valence-electron chi connectivity index (χ2n) is 7.25. The fourth-order valence-corrected chi connectivity index (χ4v) is 4.34. The van der Waals surface area contributed by atoms with Gasteiger partial charge in [0, 0.05) is 34.7 Å². The lowest BCUT2D eigenvalue weighted by atomic mass is 10.1. The van der Waals surface area contributed by atoms with Crippen molar-refractivity contribution in [3.05, 3.63) is 65.9 Å². The predicted molar refractivity (Wildman–Crippen MR) is 131 cm³/mol. The van der Waals surface area contributed by atoms with E-state index in [9.17, 15) is 4.79 Å². The number of aromatic nitrogens is 5. The van der Waals surface area contributed by atoms with Gasteiger partial charge in [-0.05, 0) is 30.3 Å². The Labute approximate surface area is 203 Å². The van der Waals surface area contributed by atoms with Crippen molar-refractivity contribution in [2.75, 3.05) is 25.3 Å². The van der Waals surface area contributed by atoms with E-state index >= 15 is 0 Å². The van der Waals surface area contributed by atoms with E-state index in [0.717, 1.165) is 16.8 Å². The number of halogens is 1. The maximum atomic E-state index is 12.5. The van der Waals surface area contributed by atoms with Gasteiger partial charge in [-0.25, -0.2) is 4.52 Å². The number of carbonyl (C=O) groups is 1. The molecule has 9 nitrogen and oxygen atoms in total. The number of methoxy groups -OCH3 is 2. The summed E-state index contributed by atoms with van der Waals surface area (Å²) in [5.41, 5.74) is 3.83. The lowest BCUT2D eigenvalue weighted by Gasteiger charge is -2.10. The molecule has 11 heteroatoms. The number of thioether (sulfide) groups is 1. The maximum Gasteiger partial charge on any atom is 0.234 e. The summed E-state index contributed by atoms with van der Waals surface area (Å²) >= 11 is 7.29. The van der Waals surface area contributed by atoms with Gasteiger partial charge in [-0.15, -0.1) is 10.2 Å². The molecule has 0 spiro atoms. The topological polar surface area (TPSA) is 95.0 Å². The molecule has 2 aromatic carbocycles. The minimum atomic E-state index is -0.176. The number of nitrogens with one attached hydrogen (secondary N) is 1. The Balaban J connectivity index is 1.33. The van der Waals surface area contributed by atoms with Crippen LogP contribution in [0.25, 0.3) is 22.4 Å². The standard InChI is InChI=1S/C23H19ClN6O3S/c1-32-19-8-7-16(11-20(19)33-2)25-21(31)13-34-23-27-26-22-18-12-17(14-3-5-15(24)6-4-14)28-30(18)10-9-29(22)23/h3-12H,13H2,1-2H3,(H,25,31). The largest absolute Gasteiger partial charge is 0.493 e. The highest BCUT2D eigenvalue weighted by Crippen LogP contribution is 2.30. The molecule has 0 saturated heterocycles. The van der Waals surface area contributed by atoms with Crippen LogP contribution in [0, 0.1) is 0 Å². The van der Waals surface area contributed by atoms with Crippen molar-refractivity contribution in [3.8, 4) is 22.8 Å². The van der Waals surface area contributed by atoms with Gasteiger partial charge in [0.05, 0.1) is 25.7 Å². The number of fused-ring (bicyclic) bond motifs is 3. The van der Waals surface area contributed by atoms with Gasteiger partial charge in [-0.2, -0.15) is 5.10 Å².